The standard InChI is InChI=1S/C27H10F10O/c1-38-27-25(36)20(31)17(21(32)26(27)37)15-10-6-3-2-5-9(10)13(11-7-4-8-12(28)14(11)15)16-18(29)22(33)24(35)23(34)19(16)30/h2-8H,1H3. The summed E-state index contributed by atoms with van der Waals surface area (Å²) in [5.41, 5.74) is -4.29. The summed E-state index contributed by atoms with van der Waals surface area (Å²) >= 11 is 0. The van der Waals surface area contributed by atoms with E-state index in [2.05, 4.69) is 4.74 Å². The van der Waals surface area contributed by atoms with Gasteiger partial charge < -0.3 is 4.74 Å². The predicted molar refractivity (Wildman–Crippen MR) is 118 cm³/mol. The number of methoxy groups -OCH3 is 1. The molecule has 0 saturated carbocycles. The molecule has 0 aliphatic rings. The fraction of sp³-hybridized carbons (Fsp3) is 0.0370. The van der Waals surface area contributed by atoms with Crippen LogP contribution in [0.3, 0.4) is 0 Å². The van der Waals surface area contributed by atoms with E-state index >= 15 is 13.2 Å². The van der Waals surface area contributed by atoms with E-state index < -0.39 is 102 Å². The molecule has 0 bridgehead atoms. The van der Waals surface area contributed by atoms with Gasteiger partial charge in [0.05, 0.1) is 18.2 Å². The van der Waals surface area contributed by atoms with Gasteiger partial charge in [0.2, 0.25) is 17.5 Å². The fourth-order valence-corrected chi connectivity index (χ4v) is 4.55. The van der Waals surface area contributed by atoms with Crippen molar-refractivity contribution in [1.82, 2.24) is 0 Å². The fourth-order valence-electron chi connectivity index (χ4n) is 4.55. The molecular formula is C27H10F10O. The Hall–Kier alpha value is -4.28. The molecule has 0 N–H and O–H groups in total. The number of rotatable bonds is 3. The highest BCUT2D eigenvalue weighted by molar-refractivity contribution is 6.21. The van der Waals surface area contributed by atoms with E-state index in [-0.39, 0.29) is 5.39 Å². The zero-order chi connectivity index (χ0) is 27.6. The molecule has 11 heteroatoms. The average Bonchev–Trinajstić information content (AvgIpc) is 2.91. The van der Waals surface area contributed by atoms with E-state index in [9.17, 15) is 30.7 Å². The third-order valence-electron chi connectivity index (χ3n) is 6.14. The zero-order valence-corrected chi connectivity index (χ0v) is 18.7. The maximum absolute atomic E-state index is 15.3. The molecule has 0 heterocycles. The van der Waals surface area contributed by atoms with Gasteiger partial charge in [-0.15, -0.1) is 0 Å². The summed E-state index contributed by atoms with van der Waals surface area (Å²) in [7, 11) is 0.753. The first kappa shape index (κ1) is 25.4. The van der Waals surface area contributed by atoms with Gasteiger partial charge in [-0.1, -0.05) is 36.4 Å². The van der Waals surface area contributed by atoms with Crippen molar-refractivity contribution in [2.24, 2.45) is 0 Å². The van der Waals surface area contributed by atoms with Crippen molar-refractivity contribution in [2.75, 3.05) is 7.11 Å². The van der Waals surface area contributed by atoms with Crippen LogP contribution in [0.15, 0.2) is 42.5 Å². The first-order valence-electron chi connectivity index (χ1n) is 10.6. The minimum atomic E-state index is -2.44. The van der Waals surface area contributed by atoms with Gasteiger partial charge in [0.1, 0.15) is 5.82 Å². The first-order chi connectivity index (χ1) is 18.0. The third-order valence-corrected chi connectivity index (χ3v) is 6.14. The van der Waals surface area contributed by atoms with Crippen molar-refractivity contribution in [3.63, 3.8) is 0 Å². The highest BCUT2D eigenvalue weighted by Crippen LogP contribution is 2.48. The van der Waals surface area contributed by atoms with E-state index in [1.807, 2.05) is 0 Å². The minimum absolute atomic E-state index is 0.362. The summed E-state index contributed by atoms with van der Waals surface area (Å²) in [6.07, 6.45) is 0. The Bertz CT molecular complexity index is 1760. The van der Waals surface area contributed by atoms with Crippen LogP contribution in [0.5, 0.6) is 5.75 Å². The Kier molecular flexibility index (Phi) is 5.96. The molecule has 0 radical (unpaired) electrons. The van der Waals surface area contributed by atoms with E-state index in [1.54, 1.807) is 0 Å². The quantitative estimate of drug-likeness (QED) is 0.0963. The lowest BCUT2D eigenvalue weighted by molar-refractivity contribution is 0.334. The van der Waals surface area contributed by atoms with Gasteiger partial charge in [0.25, 0.3) is 0 Å². The van der Waals surface area contributed by atoms with Crippen LogP contribution < -0.4 is 4.74 Å². The summed E-state index contributed by atoms with van der Waals surface area (Å²) < 4.78 is 151. The second kappa shape index (κ2) is 8.93. The zero-order valence-electron chi connectivity index (χ0n) is 18.7. The maximum atomic E-state index is 15.3. The number of halogens is 10. The number of hydrogen-bond acceptors (Lipinski definition) is 1. The van der Waals surface area contributed by atoms with Gasteiger partial charge in [0.15, 0.2) is 40.7 Å². The molecule has 0 fully saturated rings. The molecular weight excluding hydrogens is 530 g/mol. The van der Waals surface area contributed by atoms with E-state index in [1.165, 1.54) is 12.1 Å². The van der Waals surface area contributed by atoms with Crippen LogP contribution in [0.2, 0.25) is 0 Å². The highest BCUT2D eigenvalue weighted by atomic mass is 19.2. The van der Waals surface area contributed by atoms with Crippen molar-refractivity contribution in [3.05, 3.63) is 101 Å². The van der Waals surface area contributed by atoms with Crippen molar-refractivity contribution in [3.8, 4) is 28.0 Å². The largest absolute Gasteiger partial charge is 0.491 e. The van der Waals surface area contributed by atoms with Gasteiger partial charge in [-0.05, 0) is 22.2 Å². The number of fused-ring (bicyclic) bond motifs is 2. The summed E-state index contributed by atoms with van der Waals surface area (Å²) in [5.74, 6) is -22.0. The Morgan fingerprint density at radius 2 is 0.842 bits per heavy atom. The van der Waals surface area contributed by atoms with Crippen LogP contribution in [0, 0.1) is 58.2 Å². The van der Waals surface area contributed by atoms with Crippen molar-refractivity contribution in [1.29, 1.82) is 0 Å². The molecule has 5 rings (SSSR count). The third kappa shape index (κ3) is 3.34. The highest BCUT2D eigenvalue weighted by Gasteiger charge is 2.33. The maximum Gasteiger partial charge on any atom is 0.204 e. The van der Waals surface area contributed by atoms with Crippen LogP contribution in [0.25, 0.3) is 43.8 Å². The first-order valence-corrected chi connectivity index (χ1v) is 10.6. The van der Waals surface area contributed by atoms with Gasteiger partial charge >= 0.3 is 0 Å². The molecule has 5 aromatic rings. The number of ether oxygens (including phenoxy) is 1. The molecule has 0 unspecified atom stereocenters. The lowest BCUT2D eigenvalue weighted by atomic mass is 9.85. The lowest BCUT2D eigenvalue weighted by Crippen LogP contribution is -2.07. The van der Waals surface area contributed by atoms with E-state index in [0.717, 1.165) is 37.4 Å². The predicted octanol–water partition coefficient (Wildman–Crippen LogP) is 8.73. The van der Waals surface area contributed by atoms with Crippen LogP contribution in [-0.2, 0) is 0 Å². The summed E-state index contributed by atoms with van der Waals surface area (Å²) in [6, 6.07) is 7.45. The SMILES string of the molecule is COc1c(F)c(F)c(-c2c3ccccc3c(-c3c(F)c(F)c(F)c(F)c3F)c3cccc(F)c23)c(F)c1F. The second-order valence-electron chi connectivity index (χ2n) is 8.07. The van der Waals surface area contributed by atoms with Crippen molar-refractivity contribution >= 4 is 21.5 Å². The molecule has 0 aromatic heterocycles. The molecule has 0 amide bonds. The molecule has 0 saturated heterocycles. The van der Waals surface area contributed by atoms with Crippen LogP contribution in [0.4, 0.5) is 43.9 Å². The Morgan fingerprint density at radius 1 is 0.421 bits per heavy atom. The van der Waals surface area contributed by atoms with Gasteiger partial charge in [-0.3, -0.25) is 0 Å². The Balaban J connectivity index is 2.10. The molecule has 0 aliphatic heterocycles. The molecule has 0 spiro atoms. The van der Waals surface area contributed by atoms with Gasteiger partial charge in [0, 0.05) is 16.5 Å². The Labute approximate surface area is 206 Å². The Morgan fingerprint density at radius 3 is 1.37 bits per heavy atom. The minimum Gasteiger partial charge on any atom is -0.491 e. The number of benzene rings is 5. The smallest absolute Gasteiger partial charge is 0.204 e. The van der Waals surface area contributed by atoms with Gasteiger partial charge in [-0.25, -0.2) is 35.1 Å². The van der Waals surface area contributed by atoms with Gasteiger partial charge in [-0.2, -0.15) is 8.78 Å². The monoisotopic (exact) mass is 540 g/mol. The molecule has 38 heavy (non-hydrogen) atoms. The molecule has 1 nitrogen and oxygen atoms in total. The summed E-state index contributed by atoms with van der Waals surface area (Å²) in [5, 5.41) is -2.13. The molecule has 0 aliphatic carbocycles. The lowest BCUT2D eigenvalue weighted by Gasteiger charge is -2.20. The van der Waals surface area contributed by atoms with Crippen molar-refractivity contribution < 1.29 is 48.6 Å². The molecule has 5 aromatic carbocycles. The molecule has 194 valence electrons. The normalized spacial score (nSPS) is 11.6. The number of hydrogen-bond donors (Lipinski definition) is 0. The van der Waals surface area contributed by atoms with Crippen molar-refractivity contribution in [2.45, 2.75) is 0 Å². The van der Waals surface area contributed by atoms with Crippen LogP contribution >= 0.6 is 0 Å². The molecule has 0 atom stereocenters. The van der Waals surface area contributed by atoms with E-state index in [4.69, 9.17) is 0 Å². The summed E-state index contributed by atoms with van der Waals surface area (Å²) in [6.45, 7) is 0. The van der Waals surface area contributed by atoms with Crippen LogP contribution in [0.1, 0.15) is 0 Å². The van der Waals surface area contributed by atoms with Crippen LogP contribution in [-0.4, -0.2) is 7.11 Å². The average molecular weight is 540 g/mol. The second-order valence-corrected chi connectivity index (χ2v) is 8.07. The topological polar surface area (TPSA) is 9.23 Å². The summed E-state index contributed by atoms with van der Waals surface area (Å²) in [4.78, 5) is 0. The van der Waals surface area contributed by atoms with E-state index in [0.29, 0.717) is 0 Å².